The summed E-state index contributed by atoms with van der Waals surface area (Å²) in [6, 6.07) is 9.61. The predicted molar refractivity (Wildman–Crippen MR) is 89.3 cm³/mol. The van der Waals surface area contributed by atoms with Gasteiger partial charge in [-0.05, 0) is 32.9 Å². The molecule has 2 amide bonds. The van der Waals surface area contributed by atoms with Crippen LogP contribution in [0.5, 0.6) is 0 Å². The van der Waals surface area contributed by atoms with Gasteiger partial charge in [0.2, 0.25) is 0 Å². The molecule has 2 aromatic rings. The van der Waals surface area contributed by atoms with Crippen molar-refractivity contribution >= 4 is 6.03 Å². The van der Waals surface area contributed by atoms with E-state index in [1.54, 1.807) is 29.6 Å². The molecule has 0 bridgehead atoms. The summed E-state index contributed by atoms with van der Waals surface area (Å²) in [7, 11) is 0. The molecule has 1 aromatic carbocycles. The van der Waals surface area contributed by atoms with Gasteiger partial charge in [0.25, 0.3) is 0 Å². The van der Waals surface area contributed by atoms with E-state index >= 15 is 0 Å². The van der Waals surface area contributed by atoms with Crippen LogP contribution in [0.4, 0.5) is 4.79 Å². The third-order valence-corrected chi connectivity index (χ3v) is 3.35. The van der Waals surface area contributed by atoms with Crippen LogP contribution < -0.4 is 5.32 Å². The van der Waals surface area contributed by atoms with E-state index in [0.29, 0.717) is 19.6 Å². The van der Waals surface area contributed by atoms with Crippen LogP contribution in [-0.4, -0.2) is 44.5 Å². The van der Waals surface area contributed by atoms with E-state index < -0.39 is 5.60 Å². The van der Waals surface area contributed by atoms with Crippen molar-refractivity contribution in [2.45, 2.75) is 32.9 Å². The summed E-state index contributed by atoms with van der Waals surface area (Å²) in [4.78, 5) is 13.8. The van der Waals surface area contributed by atoms with Gasteiger partial charge in [-0.15, -0.1) is 0 Å². The van der Waals surface area contributed by atoms with Crippen molar-refractivity contribution in [2.75, 3.05) is 13.1 Å². The van der Waals surface area contributed by atoms with Gasteiger partial charge in [-0.25, -0.2) is 9.48 Å². The van der Waals surface area contributed by atoms with Crippen molar-refractivity contribution < 1.29 is 9.90 Å². The van der Waals surface area contributed by atoms with Gasteiger partial charge in [0.1, 0.15) is 0 Å². The number of hydrogen-bond acceptors (Lipinski definition) is 3. The summed E-state index contributed by atoms with van der Waals surface area (Å²) in [5.41, 5.74) is 0.981. The van der Waals surface area contributed by atoms with E-state index in [9.17, 15) is 9.90 Å². The molecule has 0 radical (unpaired) electrons. The maximum atomic E-state index is 12.2. The van der Waals surface area contributed by atoms with E-state index in [4.69, 9.17) is 0 Å². The summed E-state index contributed by atoms with van der Waals surface area (Å²) < 4.78 is 1.77. The number of hydrogen-bond donors (Lipinski definition) is 2. The Bertz CT molecular complexity index is 632. The number of carbonyl (C=O) groups excluding carboxylic acids is 1. The highest BCUT2D eigenvalue weighted by Gasteiger charge is 2.21. The Hall–Kier alpha value is -2.34. The summed E-state index contributed by atoms with van der Waals surface area (Å²) >= 11 is 0. The third-order valence-electron chi connectivity index (χ3n) is 3.35. The van der Waals surface area contributed by atoms with Crippen LogP contribution in [0.1, 0.15) is 26.3 Å². The van der Waals surface area contributed by atoms with Crippen LogP contribution >= 0.6 is 0 Å². The fourth-order valence-corrected chi connectivity index (χ4v) is 2.26. The second-order valence-corrected chi connectivity index (χ2v) is 6.11. The summed E-state index contributed by atoms with van der Waals surface area (Å²) in [5.74, 6) is 0. The lowest BCUT2D eigenvalue weighted by Gasteiger charge is -2.28. The van der Waals surface area contributed by atoms with E-state index in [-0.39, 0.29) is 6.03 Å². The average molecular weight is 316 g/mol. The first kappa shape index (κ1) is 17.0. The molecule has 2 N–H and O–H groups in total. The van der Waals surface area contributed by atoms with Gasteiger partial charge in [0, 0.05) is 24.8 Å². The van der Waals surface area contributed by atoms with E-state index in [1.165, 1.54) is 0 Å². The maximum Gasteiger partial charge on any atom is 0.317 e. The minimum Gasteiger partial charge on any atom is -0.389 e. The molecular formula is C17H24N4O2. The number of nitrogens with zero attached hydrogens (tertiary/aromatic N) is 3. The predicted octanol–water partition coefficient (Wildman–Crippen LogP) is 2.17. The Balaban J connectivity index is 1.93. The summed E-state index contributed by atoms with van der Waals surface area (Å²) in [5, 5.41) is 17.0. The van der Waals surface area contributed by atoms with Gasteiger partial charge in [-0.1, -0.05) is 18.2 Å². The minimum atomic E-state index is -0.911. The van der Waals surface area contributed by atoms with Crippen LogP contribution in [0.2, 0.25) is 0 Å². The van der Waals surface area contributed by atoms with Crippen LogP contribution in [0, 0.1) is 0 Å². The Morgan fingerprint density at radius 1 is 1.35 bits per heavy atom. The molecule has 0 spiro atoms. The largest absolute Gasteiger partial charge is 0.389 e. The first-order valence-electron chi connectivity index (χ1n) is 7.73. The molecule has 0 aliphatic heterocycles. The highest BCUT2D eigenvalue weighted by Crippen LogP contribution is 2.08. The number of likely N-dealkylation sites (N-methyl/N-ethyl adjacent to an activating group) is 1. The molecule has 6 nitrogen and oxygen atoms in total. The van der Waals surface area contributed by atoms with Gasteiger partial charge in [-0.2, -0.15) is 5.10 Å². The van der Waals surface area contributed by atoms with Crippen LogP contribution in [0.25, 0.3) is 5.69 Å². The summed E-state index contributed by atoms with van der Waals surface area (Å²) in [6.07, 6.45) is 3.63. The fraction of sp³-hybridized carbons (Fsp3) is 0.412. The number of benzene rings is 1. The molecule has 0 saturated heterocycles. The topological polar surface area (TPSA) is 70.4 Å². The number of para-hydroxylation sites is 1. The van der Waals surface area contributed by atoms with Crippen molar-refractivity contribution in [1.82, 2.24) is 20.0 Å². The summed E-state index contributed by atoms with van der Waals surface area (Å²) in [6.45, 7) is 6.49. The Morgan fingerprint density at radius 2 is 2.04 bits per heavy atom. The van der Waals surface area contributed by atoms with Crippen molar-refractivity contribution in [3.63, 3.8) is 0 Å². The molecule has 6 heteroatoms. The minimum absolute atomic E-state index is 0.193. The maximum absolute atomic E-state index is 12.2. The molecular weight excluding hydrogens is 292 g/mol. The van der Waals surface area contributed by atoms with Gasteiger partial charge in [0.15, 0.2) is 0 Å². The quantitative estimate of drug-likeness (QED) is 0.858. The highest BCUT2D eigenvalue weighted by molar-refractivity contribution is 5.74. The highest BCUT2D eigenvalue weighted by atomic mass is 16.3. The van der Waals surface area contributed by atoms with Crippen molar-refractivity contribution in [1.29, 1.82) is 0 Å². The smallest absolute Gasteiger partial charge is 0.317 e. The lowest BCUT2D eigenvalue weighted by Crippen LogP contribution is -2.46. The van der Waals surface area contributed by atoms with E-state index in [2.05, 4.69) is 10.4 Å². The zero-order valence-electron chi connectivity index (χ0n) is 13.9. The van der Waals surface area contributed by atoms with Crippen LogP contribution in [0.15, 0.2) is 42.7 Å². The van der Waals surface area contributed by atoms with E-state index in [0.717, 1.165) is 11.3 Å². The lowest BCUT2D eigenvalue weighted by atomic mass is 10.1. The number of aliphatic hydroxyl groups is 1. The number of aromatic nitrogens is 2. The van der Waals surface area contributed by atoms with Crippen molar-refractivity contribution in [3.05, 3.63) is 48.3 Å². The second kappa shape index (κ2) is 7.28. The normalized spacial score (nSPS) is 11.3. The molecule has 0 unspecified atom stereocenters. The molecule has 0 saturated carbocycles. The monoisotopic (exact) mass is 316 g/mol. The Morgan fingerprint density at radius 3 is 2.65 bits per heavy atom. The number of carbonyl (C=O) groups is 1. The molecule has 2 rings (SSSR count). The molecule has 0 aliphatic carbocycles. The Labute approximate surface area is 136 Å². The second-order valence-electron chi connectivity index (χ2n) is 6.11. The molecule has 0 aliphatic rings. The van der Waals surface area contributed by atoms with Crippen LogP contribution in [-0.2, 0) is 6.54 Å². The van der Waals surface area contributed by atoms with Crippen molar-refractivity contribution in [3.8, 4) is 5.69 Å². The Kier molecular flexibility index (Phi) is 5.39. The molecule has 23 heavy (non-hydrogen) atoms. The van der Waals surface area contributed by atoms with Gasteiger partial charge < -0.3 is 15.3 Å². The SMILES string of the molecule is CCN(CC(C)(C)O)C(=O)NCc1cnn(-c2ccccc2)c1. The van der Waals surface area contributed by atoms with E-state index in [1.807, 2.05) is 43.5 Å². The molecule has 1 heterocycles. The molecule has 0 fully saturated rings. The van der Waals surface area contributed by atoms with Gasteiger partial charge in [0.05, 0.1) is 24.0 Å². The average Bonchev–Trinajstić information content (AvgIpc) is 2.99. The van der Waals surface area contributed by atoms with Gasteiger partial charge in [-0.3, -0.25) is 0 Å². The third kappa shape index (κ3) is 5.10. The number of rotatable bonds is 6. The molecule has 124 valence electrons. The number of nitrogens with one attached hydrogen (secondary N) is 1. The first-order chi connectivity index (χ1) is 10.9. The zero-order valence-corrected chi connectivity index (χ0v) is 13.9. The first-order valence-corrected chi connectivity index (χ1v) is 7.73. The molecule has 0 atom stereocenters. The number of amides is 2. The van der Waals surface area contributed by atoms with Gasteiger partial charge >= 0.3 is 6.03 Å². The molecule has 1 aromatic heterocycles. The zero-order chi connectivity index (χ0) is 16.9. The van der Waals surface area contributed by atoms with Crippen LogP contribution in [0.3, 0.4) is 0 Å². The number of urea groups is 1. The fourth-order valence-electron chi connectivity index (χ4n) is 2.26. The lowest BCUT2D eigenvalue weighted by molar-refractivity contribution is 0.0480. The standard InChI is InChI=1S/C17H24N4O2/c1-4-20(13-17(2,3)23)16(22)18-10-14-11-19-21(12-14)15-8-6-5-7-9-15/h5-9,11-12,23H,4,10,13H2,1-3H3,(H,18,22). The van der Waals surface area contributed by atoms with Crippen molar-refractivity contribution in [2.24, 2.45) is 0 Å².